The molecule has 2 aromatic carbocycles. The van der Waals surface area contributed by atoms with Gasteiger partial charge < -0.3 is 25.4 Å². The van der Waals surface area contributed by atoms with E-state index in [2.05, 4.69) is 26.9 Å². The number of hydrogen-bond donors (Lipinski definition) is 3. The maximum absolute atomic E-state index is 13.6. The highest BCUT2D eigenvalue weighted by Crippen LogP contribution is 2.37. The molecule has 1 atom stereocenters. The number of para-hydroxylation sites is 1. The van der Waals surface area contributed by atoms with Crippen molar-refractivity contribution in [1.82, 2.24) is 9.88 Å². The van der Waals surface area contributed by atoms with Gasteiger partial charge in [-0.15, -0.1) is 0 Å². The van der Waals surface area contributed by atoms with E-state index in [9.17, 15) is 14.7 Å². The molecule has 3 N–H and O–H groups in total. The summed E-state index contributed by atoms with van der Waals surface area (Å²) in [6.07, 6.45) is 3.40. The highest BCUT2D eigenvalue weighted by Gasteiger charge is 2.33. The van der Waals surface area contributed by atoms with Crippen LogP contribution >= 0.6 is 11.6 Å². The van der Waals surface area contributed by atoms with Gasteiger partial charge in [-0.3, -0.25) is 4.79 Å². The Kier molecular flexibility index (Phi) is 9.72. The van der Waals surface area contributed by atoms with Crippen molar-refractivity contribution in [3.05, 3.63) is 113 Å². The van der Waals surface area contributed by atoms with Crippen LogP contribution in [0.1, 0.15) is 41.4 Å². The van der Waals surface area contributed by atoms with Crippen LogP contribution in [0.4, 0.5) is 11.5 Å². The minimum absolute atomic E-state index is 0.0145. The summed E-state index contributed by atoms with van der Waals surface area (Å²) >= 11 is 6.54. The number of carbonyl (C=O) groups is 2. The average molecular weight is 587 g/mol. The number of guanidine groups is 1. The molecule has 1 amide bonds. The van der Waals surface area contributed by atoms with Crippen LogP contribution in [0.5, 0.6) is 0 Å². The number of amidine groups is 1. The van der Waals surface area contributed by atoms with E-state index in [0.29, 0.717) is 34.2 Å². The quantitative estimate of drug-likeness (QED) is 0.306. The lowest BCUT2D eigenvalue weighted by Gasteiger charge is -2.31. The number of aliphatic imine (C=N–C) groups is 2. The lowest BCUT2D eigenvalue weighted by Crippen LogP contribution is -2.35. The second kappa shape index (κ2) is 13.6. The number of anilines is 2. The second-order valence-corrected chi connectivity index (χ2v) is 9.65. The Balaban J connectivity index is 0.000000748. The Hall–Kier alpha value is -4.96. The number of fused-ring (bicyclic) bond motifs is 1. The number of carboxylic acid groups (broad SMARTS) is 1. The molecular weight excluding hydrogens is 556 g/mol. The van der Waals surface area contributed by atoms with E-state index < -0.39 is 17.9 Å². The summed E-state index contributed by atoms with van der Waals surface area (Å²) in [6.45, 7) is 7.78. The molecule has 3 aromatic rings. The van der Waals surface area contributed by atoms with Crippen molar-refractivity contribution in [3.8, 4) is 0 Å². The van der Waals surface area contributed by atoms with Crippen LogP contribution in [0.2, 0.25) is 5.02 Å². The zero-order valence-electron chi connectivity index (χ0n) is 23.5. The van der Waals surface area contributed by atoms with Gasteiger partial charge in [-0.2, -0.15) is 4.99 Å². The highest BCUT2D eigenvalue weighted by atomic mass is 35.5. The van der Waals surface area contributed by atoms with Crippen molar-refractivity contribution < 1.29 is 19.4 Å². The molecular formula is C31H31ClN6O4. The topological polar surface area (TPSA) is 129 Å². The van der Waals surface area contributed by atoms with Crippen molar-refractivity contribution >= 4 is 46.8 Å². The molecule has 5 rings (SSSR count). The number of rotatable bonds is 6. The summed E-state index contributed by atoms with van der Waals surface area (Å²) in [5.41, 5.74) is 3.79. The molecule has 3 heterocycles. The van der Waals surface area contributed by atoms with Gasteiger partial charge in [0.15, 0.2) is 0 Å². The van der Waals surface area contributed by atoms with Crippen molar-refractivity contribution in [2.45, 2.75) is 26.3 Å². The van der Waals surface area contributed by atoms with E-state index >= 15 is 0 Å². The number of carbonyl (C=O) groups excluding carboxylic acids is 1. The molecule has 11 heteroatoms. The predicted molar refractivity (Wildman–Crippen MR) is 165 cm³/mol. The number of ether oxygens (including phenoxy) is 1. The van der Waals surface area contributed by atoms with Gasteiger partial charge >= 0.3 is 5.97 Å². The fourth-order valence-corrected chi connectivity index (χ4v) is 4.65. The van der Waals surface area contributed by atoms with Crippen molar-refractivity contribution in [2.24, 2.45) is 9.98 Å². The second-order valence-electron chi connectivity index (χ2n) is 9.24. The zero-order chi connectivity index (χ0) is 30.2. The molecule has 1 aromatic heterocycles. The third kappa shape index (κ3) is 6.84. The van der Waals surface area contributed by atoms with E-state index in [1.807, 2.05) is 56.3 Å². The van der Waals surface area contributed by atoms with Gasteiger partial charge in [-0.1, -0.05) is 54.6 Å². The summed E-state index contributed by atoms with van der Waals surface area (Å²) in [5.74, 6) is -0.282. The number of benzene rings is 2. The largest absolute Gasteiger partial charge is 0.502 e. The Morgan fingerprint density at radius 2 is 1.98 bits per heavy atom. The number of hydrogen-bond acceptors (Lipinski definition) is 7. The molecule has 0 saturated carbocycles. The third-order valence-corrected chi connectivity index (χ3v) is 6.92. The Morgan fingerprint density at radius 3 is 2.64 bits per heavy atom. The Bertz CT molecular complexity index is 1570. The molecule has 216 valence electrons. The van der Waals surface area contributed by atoms with Gasteiger partial charge in [-0.25, -0.2) is 14.8 Å². The number of aromatic carboxylic acids is 1. The monoisotopic (exact) mass is 586 g/mol. The lowest BCUT2D eigenvalue weighted by atomic mass is 9.95. The predicted octanol–water partition coefficient (Wildman–Crippen LogP) is 5.92. The maximum atomic E-state index is 13.6. The minimum atomic E-state index is -1.12. The Labute approximate surface area is 249 Å². The summed E-state index contributed by atoms with van der Waals surface area (Å²) in [6, 6.07) is 17.1. The first-order valence-electron chi connectivity index (χ1n) is 13.2. The van der Waals surface area contributed by atoms with Crippen molar-refractivity contribution in [1.29, 1.82) is 0 Å². The van der Waals surface area contributed by atoms with Gasteiger partial charge in [0.1, 0.15) is 17.7 Å². The van der Waals surface area contributed by atoms with Crippen LogP contribution < -0.4 is 10.6 Å². The number of pyridine rings is 1. The van der Waals surface area contributed by atoms with E-state index in [4.69, 9.17) is 21.6 Å². The molecule has 0 spiro atoms. The van der Waals surface area contributed by atoms with Crippen LogP contribution in [-0.2, 0) is 16.0 Å². The van der Waals surface area contributed by atoms with E-state index in [1.54, 1.807) is 18.0 Å². The fourth-order valence-electron chi connectivity index (χ4n) is 4.41. The number of nitrogens with one attached hydrogen (secondary N) is 2. The molecule has 1 unspecified atom stereocenters. The first-order chi connectivity index (χ1) is 20.2. The van der Waals surface area contributed by atoms with Gasteiger partial charge in [0.05, 0.1) is 24.0 Å². The molecule has 2 aliphatic heterocycles. The van der Waals surface area contributed by atoms with Crippen molar-refractivity contribution in [2.75, 3.05) is 24.3 Å². The Morgan fingerprint density at radius 1 is 1.24 bits per heavy atom. The molecule has 42 heavy (non-hydrogen) atoms. The molecule has 2 aliphatic rings. The van der Waals surface area contributed by atoms with Crippen LogP contribution in [-0.4, -0.2) is 52.3 Å². The van der Waals surface area contributed by atoms with Gasteiger partial charge in [0, 0.05) is 41.6 Å². The number of amides is 1. The molecule has 0 aliphatic carbocycles. The highest BCUT2D eigenvalue weighted by molar-refractivity contribution is 6.31. The van der Waals surface area contributed by atoms with E-state index in [-0.39, 0.29) is 11.4 Å². The molecule has 0 fully saturated rings. The molecule has 10 nitrogen and oxygen atoms in total. The smallest absolute Gasteiger partial charge is 0.335 e. The lowest BCUT2D eigenvalue weighted by molar-refractivity contribution is -0.113. The number of halogens is 1. The van der Waals surface area contributed by atoms with Crippen LogP contribution in [0.25, 0.3) is 0 Å². The first-order valence-corrected chi connectivity index (χ1v) is 13.5. The number of nitrogens with zero attached hydrogens (tertiary/aromatic N) is 4. The van der Waals surface area contributed by atoms with E-state index in [1.165, 1.54) is 24.6 Å². The minimum Gasteiger partial charge on any atom is -0.502 e. The summed E-state index contributed by atoms with van der Waals surface area (Å²) in [7, 11) is 1.79. The van der Waals surface area contributed by atoms with Crippen LogP contribution in [0, 0.1) is 0 Å². The SMILES string of the molecule is C=COCC.CC1=C(C(=O)Nc2cc(C(=O)O)ccn2)C(c2ccccc2Cl)N=C(/N=C2/Cc3ccccc3N2)N1C. The maximum Gasteiger partial charge on any atom is 0.335 e. The van der Waals surface area contributed by atoms with Crippen LogP contribution in [0.15, 0.2) is 101 Å². The molecule has 0 bridgehead atoms. The molecule has 0 saturated heterocycles. The normalized spacial score (nSPS) is 16.5. The van der Waals surface area contributed by atoms with Gasteiger partial charge in [-0.05, 0) is 43.7 Å². The number of carboxylic acids is 1. The van der Waals surface area contributed by atoms with Crippen molar-refractivity contribution in [3.63, 3.8) is 0 Å². The summed E-state index contributed by atoms with van der Waals surface area (Å²) < 4.78 is 4.60. The summed E-state index contributed by atoms with van der Waals surface area (Å²) in [5, 5.41) is 15.8. The average Bonchev–Trinajstić information content (AvgIpc) is 3.39. The van der Waals surface area contributed by atoms with Gasteiger partial charge in [0.25, 0.3) is 5.91 Å². The van der Waals surface area contributed by atoms with Crippen LogP contribution in [0.3, 0.4) is 0 Å². The fraction of sp³-hybridized carbons (Fsp3) is 0.194. The molecule has 0 radical (unpaired) electrons. The van der Waals surface area contributed by atoms with E-state index in [0.717, 1.165) is 23.7 Å². The summed E-state index contributed by atoms with van der Waals surface area (Å²) in [4.78, 5) is 40.4. The third-order valence-electron chi connectivity index (χ3n) is 6.58. The van der Waals surface area contributed by atoms with Gasteiger partial charge in [0.2, 0.25) is 5.96 Å². The zero-order valence-corrected chi connectivity index (χ0v) is 24.2. The first kappa shape index (κ1) is 30.0. The number of aromatic nitrogens is 1. The number of allylic oxidation sites excluding steroid dienone is 1. The standard InChI is InChI=1S/C27H23ClN6O3.C4H8O/c1-15-23(25(35)31-21-14-17(26(36)37)11-12-29-21)24(18-8-4-5-9-19(18)28)33-27(34(15)2)32-22-13-16-7-3-6-10-20(16)30-22;1-3-5-4-2/h3-12,14,24H,13H2,1-2H3,(H,36,37)(H,29,31,35)(H,30,32,33);3H,1,4H2,2H3.